The van der Waals surface area contributed by atoms with Crippen molar-refractivity contribution in [2.45, 2.75) is 38.0 Å². The van der Waals surface area contributed by atoms with E-state index >= 15 is 0 Å². The number of ether oxygens (including phenoxy) is 3. The number of phenols is 1. The average molecular weight is 472 g/mol. The number of rotatable bonds is 6. The van der Waals surface area contributed by atoms with E-state index in [1.807, 2.05) is 25.1 Å². The molecule has 1 aliphatic heterocycles. The van der Waals surface area contributed by atoms with Gasteiger partial charge in [0.2, 0.25) is 5.91 Å². The van der Waals surface area contributed by atoms with Crippen LogP contribution in [-0.2, 0) is 9.59 Å². The fourth-order valence-corrected chi connectivity index (χ4v) is 4.86. The number of carbonyl (C=O) groups excluding carboxylic acids is 2. The highest BCUT2D eigenvalue weighted by atomic mass is 35.5. The number of phenolic OH excluding ortho intramolecular Hbond substituents is 1. The molecule has 33 heavy (non-hydrogen) atoms. The molecule has 2 N–H and O–H groups in total. The van der Waals surface area contributed by atoms with Crippen molar-refractivity contribution in [3.05, 3.63) is 57.8 Å². The zero-order chi connectivity index (χ0) is 23.7. The Morgan fingerprint density at radius 2 is 1.73 bits per heavy atom. The van der Waals surface area contributed by atoms with Crippen LogP contribution in [-0.4, -0.2) is 37.6 Å². The summed E-state index contributed by atoms with van der Waals surface area (Å²) < 4.78 is 16.3. The lowest BCUT2D eigenvalue weighted by molar-refractivity contribution is -0.122. The van der Waals surface area contributed by atoms with Crippen LogP contribution in [0.1, 0.15) is 49.1 Å². The highest BCUT2D eigenvalue weighted by Gasteiger charge is 2.38. The second-order valence-electron chi connectivity index (χ2n) is 8.12. The molecule has 8 heteroatoms. The first-order chi connectivity index (χ1) is 15.9. The monoisotopic (exact) mass is 471 g/mol. The van der Waals surface area contributed by atoms with Gasteiger partial charge in [-0.05, 0) is 54.7 Å². The van der Waals surface area contributed by atoms with Crippen molar-refractivity contribution >= 4 is 23.3 Å². The Balaban J connectivity index is 1.70. The van der Waals surface area contributed by atoms with Crippen molar-refractivity contribution in [1.82, 2.24) is 5.32 Å². The number of ketones is 1. The van der Waals surface area contributed by atoms with Gasteiger partial charge in [-0.15, -0.1) is 0 Å². The first-order valence-electron chi connectivity index (χ1n) is 10.8. The molecule has 2 aliphatic rings. The molecule has 0 saturated heterocycles. The SMILES string of the molecule is CCOc1ccc(C2CC(=O)C3=C(C2)NC(=O)CC3c2cc(Cl)c(O)c(OC)c2)cc1OC. The maximum atomic E-state index is 13.4. The summed E-state index contributed by atoms with van der Waals surface area (Å²) >= 11 is 6.18. The van der Waals surface area contributed by atoms with Crippen LogP contribution in [0.2, 0.25) is 5.02 Å². The summed E-state index contributed by atoms with van der Waals surface area (Å²) in [6.07, 6.45) is 0.949. The Bertz CT molecular complexity index is 1140. The summed E-state index contributed by atoms with van der Waals surface area (Å²) in [5, 5.41) is 13.1. The highest BCUT2D eigenvalue weighted by molar-refractivity contribution is 6.32. The van der Waals surface area contributed by atoms with Crippen LogP contribution in [0.4, 0.5) is 0 Å². The van der Waals surface area contributed by atoms with Gasteiger partial charge < -0.3 is 24.6 Å². The number of benzene rings is 2. The molecule has 2 atom stereocenters. The molecular weight excluding hydrogens is 446 g/mol. The second kappa shape index (κ2) is 9.35. The lowest BCUT2D eigenvalue weighted by atomic mass is 9.73. The number of hydrogen-bond acceptors (Lipinski definition) is 6. The Morgan fingerprint density at radius 1 is 1.00 bits per heavy atom. The molecule has 0 saturated carbocycles. The lowest BCUT2D eigenvalue weighted by Crippen LogP contribution is -2.38. The predicted molar refractivity (Wildman–Crippen MR) is 123 cm³/mol. The summed E-state index contributed by atoms with van der Waals surface area (Å²) in [4.78, 5) is 25.9. The van der Waals surface area contributed by atoms with Gasteiger partial charge in [-0.3, -0.25) is 9.59 Å². The summed E-state index contributed by atoms with van der Waals surface area (Å²) in [7, 11) is 3.01. The van der Waals surface area contributed by atoms with Crippen LogP contribution >= 0.6 is 11.6 Å². The van der Waals surface area contributed by atoms with Crippen molar-refractivity contribution in [2.24, 2.45) is 0 Å². The number of hydrogen-bond donors (Lipinski definition) is 2. The normalized spacial score (nSPS) is 20.2. The summed E-state index contributed by atoms with van der Waals surface area (Å²) in [5.74, 6) is 0.543. The number of allylic oxidation sites excluding steroid dienone is 2. The number of methoxy groups -OCH3 is 2. The number of carbonyl (C=O) groups is 2. The van der Waals surface area contributed by atoms with Crippen molar-refractivity contribution < 1.29 is 28.9 Å². The fraction of sp³-hybridized carbons (Fsp3) is 0.360. The summed E-state index contributed by atoms with van der Waals surface area (Å²) in [5.41, 5.74) is 2.83. The summed E-state index contributed by atoms with van der Waals surface area (Å²) in [6.45, 7) is 2.42. The van der Waals surface area contributed by atoms with Crippen LogP contribution in [0.15, 0.2) is 41.6 Å². The van der Waals surface area contributed by atoms with E-state index in [0.717, 1.165) is 5.56 Å². The second-order valence-corrected chi connectivity index (χ2v) is 8.53. The lowest BCUT2D eigenvalue weighted by Gasteiger charge is -2.34. The molecular formula is C25H26ClNO6. The van der Waals surface area contributed by atoms with Crippen LogP contribution in [0.5, 0.6) is 23.0 Å². The van der Waals surface area contributed by atoms with E-state index in [1.165, 1.54) is 7.11 Å². The Hall–Kier alpha value is -3.19. The minimum absolute atomic E-state index is 0.0257. The molecule has 4 rings (SSSR count). The zero-order valence-corrected chi connectivity index (χ0v) is 19.5. The minimum atomic E-state index is -0.455. The van der Waals surface area contributed by atoms with E-state index in [0.29, 0.717) is 47.8 Å². The van der Waals surface area contributed by atoms with E-state index in [2.05, 4.69) is 5.32 Å². The van der Waals surface area contributed by atoms with Gasteiger partial charge in [-0.2, -0.15) is 0 Å². The molecule has 2 aromatic rings. The fourth-order valence-electron chi connectivity index (χ4n) is 4.64. The molecule has 174 valence electrons. The predicted octanol–water partition coefficient (Wildman–Crippen LogP) is 4.47. The quantitative estimate of drug-likeness (QED) is 0.645. The van der Waals surface area contributed by atoms with E-state index in [1.54, 1.807) is 19.2 Å². The van der Waals surface area contributed by atoms with Crippen LogP contribution in [0.3, 0.4) is 0 Å². The highest BCUT2D eigenvalue weighted by Crippen LogP contribution is 2.46. The van der Waals surface area contributed by atoms with Crippen LogP contribution in [0, 0.1) is 0 Å². The molecule has 1 heterocycles. The van der Waals surface area contributed by atoms with Crippen molar-refractivity contribution in [1.29, 1.82) is 0 Å². The number of amides is 1. The molecule has 1 amide bonds. The standard InChI is InChI=1S/C25H26ClNO6/c1-4-33-20-6-5-13(10-21(20)31-2)14-8-18-24(19(28)9-14)16(12-23(29)27-18)15-7-17(26)25(30)22(11-15)32-3/h5-7,10-11,14,16,30H,4,8-9,12H2,1-3H3,(H,27,29). The maximum absolute atomic E-state index is 13.4. The average Bonchev–Trinajstić information content (AvgIpc) is 2.80. The summed E-state index contributed by atoms with van der Waals surface area (Å²) in [6, 6.07) is 8.89. The van der Waals surface area contributed by atoms with E-state index in [-0.39, 0.29) is 40.6 Å². The number of aromatic hydroxyl groups is 1. The third kappa shape index (κ3) is 4.37. The number of Topliss-reactive ketones (excluding diaryl/α,β-unsaturated/α-hetero) is 1. The third-order valence-electron chi connectivity index (χ3n) is 6.17. The van der Waals surface area contributed by atoms with Crippen LogP contribution in [0.25, 0.3) is 0 Å². The topological polar surface area (TPSA) is 94.1 Å². The van der Waals surface area contributed by atoms with Crippen molar-refractivity contribution in [3.8, 4) is 23.0 Å². The van der Waals surface area contributed by atoms with E-state index in [4.69, 9.17) is 25.8 Å². The van der Waals surface area contributed by atoms with Gasteiger partial charge in [-0.1, -0.05) is 17.7 Å². The zero-order valence-electron chi connectivity index (χ0n) is 18.7. The number of halogens is 1. The first kappa shape index (κ1) is 23.0. The third-order valence-corrected chi connectivity index (χ3v) is 6.46. The minimum Gasteiger partial charge on any atom is -0.503 e. The molecule has 2 aromatic carbocycles. The van der Waals surface area contributed by atoms with Crippen molar-refractivity contribution in [3.63, 3.8) is 0 Å². The Kier molecular flexibility index (Phi) is 6.51. The van der Waals surface area contributed by atoms with Gasteiger partial charge >= 0.3 is 0 Å². The van der Waals surface area contributed by atoms with Gasteiger partial charge in [0.15, 0.2) is 28.8 Å². The molecule has 7 nitrogen and oxygen atoms in total. The molecule has 0 aromatic heterocycles. The first-order valence-corrected chi connectivity index (χ1v) is 11.2. The van der Waals surface area contributed by atoms with Gasteiger partial charge in [0.25, 0.3) is 0 Å². The number of nitrogens with one attached hydrogen (secondary N) is 1. The molecule has 2 unspecified atom stereocenters. The molecule has 1 aliphatic carbocycles. The van der Waals surface area contributed by atoms with Crippen molar-refractivity contribution in [2.75, 3.05) is 20.8 Å². The van der Waals surface area contributed by atoms with Gasteiger partial charge in [0, 0.05) is 30.0 Å². The molecule has 0 radical (unpaired) electrons. The van der Waals surface area contributed by atoms with Crippen LogP contribution < -0.4 is 19.5 Å². The molecule has 0 spiro atoms. The van der Waals surface area contributed by atoms with E-state index in [9.17, 15) is 14.7 Å². The largest absolute Gasteiger partial charge is 0.503 e. The van der Waals surface area contributed by atoms with Gasteiger partial charge in [0.1, 0.15) is 0 Å². The molecule has 0 bridgehead atoms. The molecule has 0 fully saturated rings. The Labute approximate surface area is 197 Å². The Morgan fingerprint density at radius 3 is 2.42 bits per heavy atom. The van der Waals surface area contributed by atoms with Gasteiger partial charge in [-0.25, -0.2) is 0 Å². The van der Waals surface area contributed by atoms with Gasteiger partial charge in [0.05, 0.1) is 25.8 Å². The maximum Gasteiger partial charge on any atom is 0.225 e. The smallest absolute Gasteiger partial charge is 0.225 e. The van der Waals surface area contributed by atoms with E-state index < -0.39 is 5.92 Å².